The molecule has 2 heteroatoms. The topological polar surface area (TPSA) is 34.1 Å². The van der Waals surface area contributed by atoms with Gasteiger partial charge in [0.05, 0.1) is 0 Å². The molecule has 0 aliphatic carbocycles. The fourth-order valence-electron chi connectivity index (χ4n) is 2.10. The molecule has 18 heavy (non-hydrogen) atoms. The Labute approximate surface area is 106 Å². The highest BCUT2D eigenvalue weighted by Gasteiger charge is 2.09. The molecule has 0 spiro atoms. The lowest BCUT2D eigenvalue weighted by atomic mass is 9.93. The molecule has 0 bridgehead atoms. The maximum absolute atomic E-state index is 11.1. The zero-order chi connectivity index (χ0) is 13.1. The van der Waals surface area contributed by atoms with Gasteiger partial charge in [0, 0.05) is 11.1 Å². The fraction of sp³-hybridized carbons (Fsp3) is 0.125. The van der Waals surface area contributed by atoms with Gasteiger partial charge in [-0.05, 0) is 42.2 Å². The van der Waals surface area contributed by atoms with Crippen LogP contribution in [0.4, 0.5) is 0 Å². The summed E-state index contributed by atoms with van der Waals surface area (Å²) in [5.41, 5.74) is 5.19. The van der Waals surface area contributed by atoms with E-state index in [2.05, 4.69) is 0 Å². The van der Waals surface area contributed by atoms with E-state index < -0.39 is 0 Å². The summed E-state index contributed by atoms with van der Waals surface area (Å²) < 4.78 is 0. The van der Waals surface area contributed by atoms with Crippen LogP contribution in [0.25, 0.3) is 11.1 Å². The van der Waals surface area contributed by atoms with E-state index in [9.17, 15) is 9.59 Å². The Morgan fingerprint density at radius 1 is 0.778 bits per heavy atom. The van der Waals surface area contributed by atoms with Crippen LogP contribution in [-0.2, 0) is 0 Å². The molecule has 0 fully saturated rings. The van der Waals surface area contributed by atoms with Crippen molar-refractivity contribution in [3.05, 3.63) is 58.7 Å². The Kier molecular flexibility index (Phi) is 3.38. The van der Waals surface area contributed by atoms with Gasteiger partial charge in [-0.15, -0.1) is 0 Å². The van der Waals surface area contributed by atoms with E-state index in [0.717, 1.165) is 34.8 Å². The zero-order valence-electron chi connectivity index (χ0n) is 10.4. The second kappa shape index (κ2) is 4.96. The lowest BCUT2D eigenvalue weighted by Gasteiger charge is -2.11. The summed E-state index contributed by atoms with van der Waals surface area (Å²) in [5.74, 6) is 0. The molecule has 90 valence electrons. The lowest BCUT2D eigenvalue weighted by molar-refractivity contribution is 0.111. The second-order valence-electron chi connectivity index (χ2n) is 4.35. The van der Waals surface area contributed by atoms with Crippen LogP contribution in [-0.4, -0.2) is 12.6 Å². The van der Waals surface area contributed by atoms with Crippen molar-refractivity contribution in [2.75, 3.05) is 0 Å². The molecule has 0 amide bonds. The van der Waals surface area contributed by atoms with E-state index in [1.165, 1.54) is 0 Å². The summed E-state index contributed by atoms with van der Waals surface area (Å²) in [5, 5.41) is 0. The minimum Gasteiger partial charge on any atom is -0.298 e. The van der Waals surface area contributed by atoms with Gasteiger partial charge in [-0.2, -0.15) is 0 Å². The van der Waals surface area contributed by atoms with Crippen LogP contribution in [0.3, 0.4) is 0 Å². The van der Waals surface area contributed by atoms with Gasteiger partial charge in [-0.25, -0.2) is 0 Å². The van der Waals surface area contributed by atoms with Gasteiger partial charge < -0.3 is 0 Å². The van der Waals surface area contributed by atoms with Crippen molar-refractivity contribution in [1.82, 2.24) is 0 Å². The molecule has 0 heterocycles. The van der Waals surface area contributed by atoms with E-state index in [1.807, 2.05) is 44.2 Å². The summed E-state index contributed by atoms with van der Waals surface area (Å²) in [6.07, 6.45) is 1.72. The molecule has 0 aliphatic heterocycles. The number of hydrogen-bond donors (Lipinski definition) is 0. The first kappa shape index (κ1) is 12.2. The summed E-state index contributed by atoms with van der Waals surface area (Å²) in [6.45, 7) is 3.85. The van der Waals surface area contributed by atoms with Crippen molar-refractivity contribution < 1.29 is 9.59 Å². The first-order valence-corrected chi connectivity index (χ1v) is 5.78. The molecule has 2 nitrogen and oxygen atoms in total. The average molecular weight is 238 g/mol. The summed E-state index contributed by atoms with van der Waals surface area (Å²) in [7, 11) is 0. The molecule has 0 aromatic heterocycles. The van der Waals surface area contributed by atoms with E-state index >= 15 is 0 Å². The Hall–Kier alpha value is -2.22. The van der Waals surface area contributed by atoms with Gasteiger partial charge in [-0.3, -0.25) is 9.59 Å². The van der Waals surface area contributed by atoms with Crippen molar-refractivity contribution in [2.24, 2.45) is 0 Å². The van der Waals surface area contributed by atoms with Crippen LogP contribution in [0.2, 0.25) is 0 Å². The number of benzene rings is 2. The van der Waals surface area contributed by atoms with Gasteiger partial charge in [0.1, 0.15) is 6.29 Å². The molecule has 0 N–H and O–H groups in total. The van der Waals surface area contributed by atoms with Crippen molar-refractivity contribution >= 4 is 12.6 Å². The molecule has 0 atom stereocenters. The third kappa shape index (κ3) is 2.09. The maximum Gasteiger partial charge on any atom is 0.150 e. The number of hydrogen-bond acceptors (Lipinski definition) is 2. The monoisotopic (exact) mass is 238 g/mol. The van der Waals surface area contributed by atoms with Gasteiger partial charge in [0.25, 0.3) is 0 Å². The normalized spacial score (nSPS) is 10.1. The van der Waals surface area contributed by atoms with E-state index in [-0.39, 0.29) is 0 Å². The Bertz CT molecular complexity index is 612. The first-order valence-electron chi connectivity index (χ1n) is 5.78. The van der Waals surface area contributed by atoms with Crippen molar-refractivity contribution in [1.29, 1.82) is 0 Å². The highest BCUT2D eigenvalue weighted by molar-refractivity contribution is 5.89. The van der Waals surface area contributed by atoms with Gasteiger partial charge >= 0.3 is 0 Å². The Morgan fingerprint density at radius 2 is 1.44 bits per heavy atom. The van der Waals surface area contributed by atoms with Crippen molar-refractivity contribution in [2.45, 2.75) is 13.8 Å². The molecule has 2 aromatic carbocycles. The quantitative estimate of drug-likeness (QED) is 0.766. The van der Waals surface area contributed by atoms with Crippen molar-refractivity contribution in [3.63, 3.8) is 0 Å². The Morgan fingerprint density at radius 3 is 2.11 bits per heavy atom. The van der Waals surface area contributed by atoms with Crippen LogP contribution < -0.4 is 0 Å². The maximum atomic E-state index is 11.1. The standard InChI is InChI=1S/C16H14O2/c1-11-8-16(12(2)7-14(11)10-18)15-6-4-3-5-13(15)9-17/h3-10H,1-2H3. The zero-order valence-corrected chi connectivity index (χ0v) is 10.4. The first-order chi connectivity index (χ1) is 8.67. The summed E-state index contributed by atoms with van der Waals surface area (Å²) >= 11 is 0. The number of carbonyl (C=O) groups is 2. The number of rotatable bonds is 3. The smallest absolute Gasteiger partial charge is 0.150 e. The Balaban J connectivity index is 2.68. The van der Waals surface area contributed by atoms with Crippen molar-refractivity contribution in [3.8, 4) is 11.1 Å². The van der Waals surface area contributed by atoms with Gasteiger partial charge in [-0.1, -0.05) is 30.3 Å². The lowest BCUT2D eigenvalue weighted by Crippen LogP contribution is -1.94. The third-order valence-corrected chi connectivity index (χ3v) is 3.12. The van der Waals surface area contributed by atoms with Gasteiger partial charge in [0.2, 0.25) is 0 Å². The molecule has 0 saturated carbocycles. The largest absolute Gasteiger partial charge is 0.298 e. The molecule has 0 radical (unpaired) electrons. The minimum absolute atomic E-state index is 0.666. The number of aldehydes is 2. The van der Waals surface area contributed by atoms with E-state index in [1.54, 1.807) is 6.07 Å². The molecular formula is C16H14O2. The fourth-order valence-corrected chi connectivity index (χ4v) is 2.10. The van der Waals surface area contributed by atoms with Crippen LogP contribution >= 0.6 is 0 Å². The molecular weight excluding hydrogens is 224 g/mol. The highest BCUT2D eigenvalue weighted by Crippen LogP contribution is 2.28. The third-order valence-electron chi connectivity index (χ3n) is 3.12. The second-order valence-corrected chi connectivity index (χ2v) is 4.35. The molecule has 2 aromatic rings. The number of carbonyl (C=O) groups excluding carboxylic acids is 2. The van der Waals surface area contributed by atoms with E-state index in [4.69, 9.17) is 0 Å². The molecule has 0 aliphatic rings. The average Bonchev–Trinajstić information content (AvgIpc) is 2.41. The van der Waals surface area contributed by atoms with Crippen LogP contribution in [0.15, 0.2) is 36.4 Å². The molecule has 0 saturated heterocycles. The predicted molar refractivity (Wildman–Crippen MR) is 72.1 cm³/mol. The number of aryl methyl sites for hydroxylation is 2. The predicted octanol–water partition coefficient (Wildman–Crippen LogP) is 3.60. The van der Waals surface area contributed by atoms with E-state index in [0.29, 0.717) is 11.1 Å². The van der Waals surface area contributed by atoms with Crippen LogP contribution in [0.1, 0.15) is 31.8 Å². The SMILES string of the molecule is Cc1cc(-c2ccccc2C=O)c(C)cc1C=O. The van der Waals surface area contributed by atoms with Crippen LogP contribution in [0, 0.1) is 13.8 Å². The summed E-state index contributed by atoms with van der Waals surface area (Å²) in [4.78, 5) is 22.0. The summed E-state index contributed by atoms with van der Waals surface area (Å²) in [6, 6.07) is 11.3. The highest BCUT2D eigenvalue weighted by atomic mass is 16.1. The van der Waals surface area contributed by atoms with Crippen LogP contribution in [0.5, 0.6) is 0 Å². The molecule has 2 rings (SSSR count). The minimum atomic E-state index is 0.666. The molecule has 0 unspecified atom stereocenters. The van der Waals surface area contributed by atoms with Gasteiger partial charge in [0.15, 0.2) is 6.29 Å².